The molecule has 0 bridgehead atoms. The Bertz CT molecular complexity index is 1980. The van der Waals surface area contributed by atoms with E-state index in [1.807, 2.05) is 24.3 Å². The van der Waals surface area contributed by atoms with Gasteiger partial charge in [-0.3, -0.25) is 10.9 Å². The van der Waals surface area contributed by atoms with Gasteiger partial charge in [0, 0.05) is 46.0 Å². The number of hydrogen-bond acceptors (Lipinski definition) is 9. The zero-order valence-corrected chi connectivity index (χ0v) is 26.4. The summed E-state index contributed by atoms with van der Waals surface area (Å²) in [5, 5.41) is 10.3. The molecule has 1 aliphatic heterocycles. The summed E-state index contributed by atoms with van der Waals surface area (Å²) in [6.07, 6.45) is 2.55. The van der Waals surface area contributed by atoms with Crippen LogP contribution in [-0.2, 0) is 4.74 Å². The van der Waals surface area contributed by atoms with Gasteiger partial charge in [-0.15, -0.1) is 0 Å². The molecular formula is C37H36N6O2S. The van der Waals surface area contributed by atoms with Crippen molar-refractivity contribution in [2.75, 3.05) is 51.6 Å². The van der Waals surface area contributed by atoms with Gasteiger partial charge in [0.25, 0.3) is 0 Å². The number of benzene rings is 5. The van der Waals surface area contributed by atoms with E-state index in [-0.39, 0.29) is 5.97 Å². The standard InChI is InChI=1S/C37H36N6O2S/c1-2-45-37(44)25-13-15-26(16-14-25)38-31-17-18-32(28-10-4-3-9-27(28)31)39-40-33-19-20-34(30-12-6-5-11-29(30)33)41-42-35-21-22-36(46-35)43-23-7-8-24-43/h3-6,9-22,38-42H,2,7-8,23-24H2,1H3. The summed E-state index contributed by atoms with van der Waals surface area (Å²) in [5.74, 6) is -0.317. The number of hydrogen-bond donors (Lipinski definition) is 5. The van der Waals surface area contributed by atoms with Crippen LogP contribution in [0.4, 0.5) is 38.4 Å². The highest BCUT2D eigenvalue weighted by molar-refractivity contribution is 7.20. The summed E-state index contributed by atoms with van der Waals surface area (Å²) < 4.78 is 5.11. The largest absolute Gasteiger partial charge is 0.462 e. The maximum atomic E-state index is 12.0. The van der Waals surface area contributed by atoms with Crippen LogP contribution < -0.4 is 31.9 Å². The van der Waals surface area contributed by atoms with Gasteiger partial charge in [0.1, 0.15) is 5.00 Å². The molecule has 0 aliphatic carbocycles. The third-order valence-corrected chi connectivity index (χ3v) is 9.25. The van der Waals surface area contributed by atoms with E-state index in [9.17, 15) is 4.79 Å². The fraction of sp³-hybridized carbons (Fsp3) is 0.162. The van der Waals surface area contributed by atoms with Crippen molar-refractivity contribution in [3.63, 3.8) is 0 Å². The number of thiophene rings is 1. The molecule has 46 heavy (non-hydrogen) atoms. The first kappa shape index (κ1) is 29.3. The second-order valence-electron chi connectivity index (χ2n) is 11.2. The summed E-state index contributed by atoms with van der Waals surface area (Å²) in [4.78, 5) is 14.5. The second kappa shape index (κ2) is 13.3. The third-order valence-electron chi connectivity index (χ3n) is 8.18. The zero-order chi connectivity index (χ0) is 31.3. The summed E-state index contributed by atoms with van der Waals surface area (Å²) in [5.41, 5.74) is 19.1. The summed E-state index contributed by atoms with van der Waals surface area (Å²) in [6, 6.07) is 36.6. The number of carbonyl (C=O) groups is 1. The number of nitrogens with zero attached hydrogens (tertiary/aromatic N) is 1. The lowest BCUT2D eigenvalue weighted by molar-refractivity contribution is 0.0526. The Labute approximate surface area is 272 Å². The Kier molecular flexibility index (Phi) is 8.47. The van der Waals surface area contributed by atoms with Crippen LogP contribution in [-0.4, -0.2) is 25.7 Å². The smallest absolute Gasteiger partial charge is 0.338 e. The fourth-order valence-electron chi connectivity index (χ4n) is 5.86. The minimum Gasteiger partial charge on any atom is -0.462 e. The van der Waals surface area contributed by atoms with Crippen molar-refractivity contribution >= 4 is 77.3 Å². The monoisotopic (exact) mass is 628 g/mol. The van der Waals surface area contributed by atoms with Gasteiger partial charge in [0.05, 0.1) is 34.2 Å². The average Bonchev–Trinajstić information content (AvgIpc) is 3.81. The molecule has 2 heterocycles. The molecule has 0 radical (unpaired) electrons. The Morgan fingerprint density at radius 3 is 1.74 bits per heavy atom. The average molecular weight is 629 g/mol. The van der Waals surface area contributed by atoms with Crippen LogP contribution in [0.15, 0.2) is 109 Å². The highest BCUT2D eigenvalue weighted by Gasteiger charge is 2.15. The van der Waals surface area contributed by atoms with E-state index >= 15 is 0 Å². The molecule has 1 fully saturated rings. The minimum absolute atomic E-state index is 0.317. The van der Waals surface area contributed by atoms with Crippen LogP contribution in [0, 0.1) is 0 Å². The zero-order valence-electron chi connectivity index (χ0n) is 25.6. The second-order valence-corrected chi connectivity index (χ2v) is 12.2. The molecule has 0 unspecified atom stereocenters. The molecule has 0 amide bonds. The van der Waals surface area contributed by atoms with E-state index < -0.39 is 0 Å². The number of rotatable bonds is 11. The lowest BCUT2D eigenvalue weighted by Gasteiger charge is -2.18. The number of hydrazine groups is 2. The predicted molar refractivity (Wildman–Crippen MR) is 194 cm³/mol. The predicted octanol–water partition coefficient (Wildman–Crippen LogP) is 9.45. The Morgan fingerprint density at radius 2 is 1.17 bits per heavy atom. The van der Waals surface area contributed by atoms with Crippen molar-refractivity contribution in [3.05, 3.63) is 115 Å². The van der Waals surface area contributed by atoms with E-state index in [4.69, 9.17) is 4.74 Å². The molecule has 6 aromatic rings. The van der Waals surface area contributed by atoms with Crippen molar-refractivity contribution in [2.24, 2.45) is 0 Å². The highest BCUT2D eigenvalue weighted by Crippen LogP contribution is 2.35. The van der Waals surface area contributed by atoms with Crippen LogP contribution in [0.3, 0.4) is 0 Å². The molecule has 5 N–H and O–H groups in total. The molecule has 0 spiro atoms. The Balaban J connectivity index is 1.06. The van der Waals surface area contributed by atoms with Gasteiger partial charge in [-0.2, -0.15) is 0 Å². The summed E-state index contributed by atoms with van der Waals surface area (Å²) >= 11 is 1.78. The molecule has 9 heteroatoms. The van der Waals surface area contributed by atoms with Gasteiger partial charge >= 0.3 is 5.97 Å². The number of anilines is 7. The van der Waals surface area contributed by atoms with Crippen molar-refractivity contribution in [1.29, 1.82) is 0 Å². The van der Waals surface area contributed by atoms with Crippen molar-refractivity contribution in [3.8, 4) is 0 Å². The highest BCUT2D eigenvalue weighted by atomic mass is 32.1. The third kappa shape index (κ3) is 6.23. The lowest BCUT2D eigenvalue weighted by Crippen LogP contribution is -2.15. The molecular weight excluding hydrogens is 593 g/mol. The maximum Gasteiger partial charge on any atom is 0.338 e. The SMILES string of the molecule is CCOC(=O)c1ccc(Nc2ccc(NNc3ccc(NNc4ccc(N5CCCC5)s4)c4ccccc34)c3ccccc23)cc1. The normalized spacial score (nSPS) is 12.7. The molecule has 7 rings (SSSR count). The summed E-state index contributed by atoms with van der Waals surface area (Å²) in [6.45, 7) is 4.45. The fourth-order valence-corrected chi connectivity index (χ4v) is 6.77. The summed E-state index contributed by atoms with van der Waals surface area (Å²) in [7, 11) is 0. The van der Waals surface area contributed by atoms with Gasteiger partial charge in [-0.25, -0.2) is 4.79 Å². The molecule has 8 nitrogen and oxygen atoms in total. The van der Waals surface area contributed by atoms with E-state index in [0.717, 1.165) is 68.1 Å². The van der Waals surface area contributed by atoms with Crippen molar-refractivity contribution < 1.29 is 9.53 Å². The van der Waals surface area contributed by atoms with Gasteiger partial charge in [0.15, 0.2) is 0 Å². The number of nitrogens with one attached hydrogen (secondary N) is 5. The molecule has 0 atom stereocenters. The van der Waals surface area contributed by atoms with Crippen molar-refractivity contribution in [1.82, 2.24) is 0 Å². The van der Waals surface area contributed by atoms with Crippen LogP contribution in [0.5, 0.6) is 0 Å². The first-order valence-electron chi connectivity index (χ1n) is 15.6. The molecule has 0 saturated carbocycles. The number of fused-ring (bicyclic) bond motifs is 2. The Morgan fingerprint density at radius 1 is 0.652 bits per heavy atom. The molecule has 1 saturated heterocycles. The van der Waals surface area contributed by atoms with E-state index in [0.29, 0.717) is 12.2 Å². The quantitative estimate of drug-likeness (QED) is 0.0716. The Hall–Kier alpha value is -5.41. The molecule has 1 aromatic heterocycles. The molecule has 1 aliphatic rings. The van der Waals surface area contributed by atoms with Gasteiger partial charge in [-0.05, 0) is 80.4 Å². The first-order chi connectivity index (χ1) is 22.7. The van der Waals surface area contributed by atoms with Crippen LogP contribution in [0.2, 0.25) is 0 Å². The van der Waals surface area contributed by atoms with Crippen LogP contribution >= 0.6 is 11.3 Å². The van der Waals surface area contributed by atoms with Gasteiger partial charge in [0.2, 0.25) is 0 Å². The maximum absolute atomic E-state index is 12.0. The number of esters is 1. The van der Waals surface area contributed by atoms with Crippen molar-refractivity contribution in [2.45, 2.75) is 19.8 Å². The minimum atomic E-state index is -0.317. The molecule has 232 valence electrons. The van der Waals surface area contributed by atoms with Crippen LogP contribution in [0.25, 0.3) is 21.5 Å². The van der Waals surface area contributed by atoms with Crippen LogP contribution in [0.1, 0.15) is 30.1 Å². The number of ether oxygens (including phenoxy) is 1. The van der Waals surface area contributed by atoms with E-state index in [2.05, 4.69) is 105 Å². The van der Waals surface area contributed by atoms with Gasteiger partial charge in [-0.1, -0.05) is 59.9 Å². The number of carbonyl (C=O) groups excluding carboxylic acids is 1. The lowest BCUT2D eigenvalue weighted by atomic mass is 10.1. The van der Waals surface area contributed by atoms with Gasteiger partial charge < -0.3 is 25.8 Å². The van der Waals surface area contributed by atoms with E-state index in [1.165, 1.54) is 17.8 Å². The van der Waals surface area contributed by atoms with E-state index in [1.54, 1.807) is 30.4 Å². The molecule has 5 aromatic carbocycles. The topological polar surface area (TPSA) is 89.7 Å². The first-order valence-corrected chi connectivity index (χ1v) is 16.4.